The number of benzene rings is 2. The van der Waals surface area contributed by atoms with Gasteiger partial charge in [-0.15, -0.1) is 0 Å². The smallest absolute Gasteiger partial charge is 0.319 e. The lowest BCUT2D eigenvalue weighted by molar-refractivity contribution is -0.131. The van der Waals surface area contributed by atoms with E-state index in [0.717, 1.165) is 22.0 Å². The first-order valence-corrected chi connectivity index (χ1v) is 10.8. The van der Waals surface area contributed by atoms with E-state index in [1.165, 1.54) is 0 Å². The number of halogens is 1. The van der Waals surface area contributed by atoms with Crippen molar-refractivity contribution in [2.75, 3.05) is 6.54 Å². The van der Waals surface area contributed by atoms with E-state index < -0.39 is 17.5 Å². The Morgan fingerprint density at radius 1 is 1.03 bits per heavy atom. The molecule has 6 nitrogen and oxygen atoms in total. The fraction of sp³-hybridized carbons (Fsp3) is 0.240. The molecule has 164 valence electrons. The van der Waals surface area contributed by atoms with Crippen LogP contribution in [0.25, 0.3) is 5.69 Å². The summed E-state index contributed by atoms with van der Waals surface area (Å²) in [5.74, 6) is -0.696. The van der Waals surface area contributed by atoms with Gasteiger partial charge in [0.05, 0.1) is 6.54 Å². The maximum Gasteiger partial charge on any atom is 0.325 e. The van der Waals surface area contributed by atoms with Gasteiger partial charge in [-0.25, -0.2) is 4.79 Å². The van der Waals surface area contributed by atoms with E-state index in [9.17, 15) is 14.4 Å². The quantitative estimate of drug-likeness (QED) is 0.434. The molecule has 32 heavy (non-hydrogen) atoms. The van der Waals surface area contributed by atoms with Crippen molar-refractivity contribution in [3.63, 3.8) is 0 Å². The van der Waals surface area contributed by atoms with Crippen molar-refractivity contribution in [1.82, 2.24) is 14.8 Å². The highest BCUT2D eigenvalue weighted by atomic mass is 35.5. The van der Waals surface area contributed by atoms with Crippen LogP contribution in [0.4, 0.5) is 4.79 Å². The van der Waals surface area contributed by atoms with Crippen LogP contribution in [0, 0.1) is 13.8 Å². The van der Waals surface area contributed by atoms with Crippen LogP contribution in [-0.2, 0) is 10.3 Å². The average Bonchev–Trinajstić information content (AvgIpc) is 3.23. The summed E-state index contributed by atoms with van der Waals surface area (Å²) in [5, 5.41) is 3.45. The minimum Gasteiger partial charge on any atom is -0.319 e. The van der Waals surface area contributed by atoms with Crippen molar-refractivity contribution in [3.05, 3.63) is 88.2 Å². The SMILES string of the molecule is CC[C@@]1(c2ccccc2)NC(=O)N(CC(=O)c2cc(C)n(-c3ccc(Cl)cc3)c2C)C1=O. The van der Waals surface area contributed by atoms with Crippen molar-refractivity contribution < 1.29 is 14.4 Å². The number of aryl methyl sites for hydroxylation is 1. The summed E-state index contributed by atoms with van der Waals surface area (Å²) in [6, 6.07) is 17.7. The molecule has 0 bridgehead atoms. The third-order valence-electron chi connectivity index (χ3n) is 6.09. The molecule has 1 N–H and O–H groups in total. The molecule has 1 aliphatic heterocycles. The summed E-state index contributed by atoms with van der Waals surface area (Å²) < 4.78 is 1.95. The highest BCUT2D eigenvalue weighted by molar-refractivity contribution is 6.30. The molecule has 2 heterocycles. The Morgan fingerprint density at radius 2 is 1.69 bits per heavy atom. The molecule has 1 aromatic heterocycles. The van der Waals surface area contributed by atoms with Gasteiger partial charge in [-0.1, -0.05) is 48.9 Å². The Labute approximate surface area is 191 Å². The number of carbonyl (C=O) groups is 3. The number of urea groups is 1. The van der Waals surface area contributed by atoms with Gasteiger partial charge in [-0.2, -0.15) is 0 Å². The minimum absolute atomic E-state index is 0.290. The number of hydrogen-bond donors (Lipinski definition) is 1. The van der Waals surface area contributed by atoms with Gasteiger partial charge in [0.25, 0.3) is 5.91 Å². The van der Waals surface area contributed by atoms with Gasteiger partial charge in [0.1, 0.15) is 5.54 Å². The number of amides is 3. The van der Waals surface area contributed by atoms with Crippen molar-refractivity contribution in [2.45, 2.75) is 32.7 Å². The molecule has 0 spiro atoms. The van der Waals surface area contributed by atoms with E-state index in [-0.39, 0.29) is 12.3 Å². The second-order valence-electron chi connectivity index (χ2n) is 7.97. The lowest BCUT2D eigenvalue weighted by Crippen LogP contribution is -2.43. The van der Waals surface area contributed by atoms with Gasteiger partial charge in [0.2, 0.25) is 0 Å². The highest BCUT2D eigenvalue weighted by Gasteiger charge is 2.51. The zero-order chi connectivity index (χ0) is 23.0. The number of aromatic nitrogens is 1. The lowest BCUT2D eigenvalue weighted by atomic mass is 9.87. The highest BCUT2D eigenvalue weighted by Crippen LogP contribution is 2.32. The molecular weight excluding hydrogens is 426 g/mol. The third kappa shape index (κ3) is 3.50. The van der Waals surface area contributed by atoms with Crippen LogP contribution in [0.3, 0.4) is 0 Å². The zero-order valence-corrected chi connectivity index (χ0v) is 18.9. The lowest BCUT2D eigenvalue weighted by Gasteiger charge is -2.25. The minimum atomic E-state index is -1.15. The topological polar surface area (TPSA) is 71.4 Å². The molecule has 0 radical (unpaired) electrons. The fourth-order valence-electron chi connectivity index (χ4n) is 4.39. The van der Waals surface area contributed by atoms with Crippen LogP contribution < -0.4 is 5.32 Å². The second-order valence-corrected chi connectivity index (χ2v) is 8.40. The molecule has 0 aliphatic carbocycles. The summed E-state index contributed by atoms with van der Waals surface area (Å²) in [5.41, 5.74) is 2.53. The first-order chi connectivity index (χ1) is 15.3. The average molecular weight is 450 g/mol. The van der Waals surface area contributed by atoms with E-state index in [4.69, 9.17) is 11.6 Å². The number of nitrogens with zero attached hydrogens (tertiary/aromatic N) is 2. The molecule has 4 rings (SSSR count). The van der Waals surface area contributed by atoms with E-state index >= 15 is 0 Å². The third-order valence-corrected chi connectivity index (χ3v) is 6.34. The molecule has 1 fully saturated rings. The van der Waals surface area contributed by atoms with Gasteiger partial charge in [-0.05, 0) is 56.2 Å². The van der Waals surface area contributed by atoms with E-state index in [2.05, 4.69) is 5.32 Å². The Bertz CT molecular complexity index is 1200. The molecule has 0 saturated carbocycles. The predicted octanol–water partition coefficient (Wildman–Crippen LogP) is 4.79. The number of carbonyl (C=O) groups excluding carboxylic acids is 3. The van der Waals surface area contributed by atoms with E-state index in [1.54, 1.807) is 18.2 Å². The van der Waals surface area contributed by atoms with Crippen LogP contribution >= 0.6 is 11.6 Å². The summed E-state index contributed by atoms with van der Waals surface area (Å²) >= 11 is 6.00. The van der Waals surface area contributed by atoms with Gasteiger partial charge in [0, 0.05) is 27.7 Å². The van der Waals surface area contributed by atoms with Crippen LogP contribution in [0.1, 0.15) is 40.7 Å². The second kappa shape index (κ2) is 8.28. The number of hydrogen-bond acceptors (Lipinski definition) is 3. The van der Waals surface area contributed by atoms with E-state index in [1.807, 2.05) is 67.8 Å². The number of imide groups is 1. The summed E-state index contributed by atoms with van der Waals surface area (Å²) in [7, 11) is 0. The molecular formula is C25H24ClN3O3. The maximum absolute atomic E-state index is 13.3. The standard InChI is InChI=1S/C25H24ClN3O3/c1-4-25(18-8-6-5-7-9-18)23(31)28(24(32)27-25)15-22(30)21-14-16(2)29(17(21)3)20-12-10-19(26)11-13-20/h5-14H,4,15H2,1-3H3,(H,27,32)/t25-/m0/s1. The van der Waals surface area contributed by atoms with Crippen molar-refractivity contribution in [3.8, 4) is 5.69 Å². The van der Waals surface area contributed by atoms with E-state index in [0.29, 0.717) is 22.6 Å². The number of rotatable bonds is 6. The summed E-state index contributed by atoms with van der Waals surface area (Å²) in [6.07, 6.45) is 0.386. The van der Waals surface area contributed by atoms with Crippen LogP contribution in [-0.4, -0.2) is 33.7 Å². The van der Waals surface area contributed by atoms with Crippen LogP contribution in [0.2, 0.25) is 5.02 Å². The Balaban J connectivity index is 1.62. The first kappa shape index (κ1) is 21.8. The normalized spacial score (nSPS) is 18.2. The number of nitrogens with one attached hydrogen (secondary N) is 1. The Morgan fingerprint density at radius 3 is 2.31 bits per heavy atom. The van der Waals surface area contributed by atoms with Gasteiger partial charge in [0.15, 0.2) is 5.78 Å². The van der Waals surface area contributed by atoms with Gasteiger partial charge >= 0.3 is 6.03 Å². The largest absolute Gasteiger partial charge is 0.325 e. The van der Waals surface area contributed by atoms with Gasteiger partial charge < -0.3 is 9.88 Å². The van der Waals surface area contributed by atoms with Crippen LogP contribution in [0.5, 0.6) is 0 Å². The summed E-state index contributed by atoms with van der Waals surface area (Å²) in [4.78, 5) is 40.3. The fourth-order valence-corrected chi connectivity index (χ4v) is 4.52. The molecule has 2 aromatic carbocycles. The van der Waals surface area contributed by atoms with Crippen molar-refractivity contribution in [2.24, 2.45) is 0 Å². The molecule has 1 saturated heterocycles. The molecule has 3 amide bonds. The number of Topliss-reactive ketones (excluding diaryl/α,β-unsaturated/α-hetero) is 1. The monoisotopic (exact) mass is 449 g/mol. The first-order valence-electron chi connectivity index (χ1n) is 10.5. The number of ketones is 1. The van der Waals surface area contributed by atoms with Crippen molar-refractivity contribution >= 4 is 29.3 Å². The van der Waals surface area contributed by atoms with Crippen LogP contribution in [0.15, 0.2) is 60.7 Å². The summed E-state index contributed by atoms with van der Waals surface area (Å²) in [6.45, 7) is 5.28. The van der Waals surface area contributed by atoms with Gasteiger partial charge in [-0.3, -0.25) is 14.5 Å². The zero-order valence-electron chi connectivity index (χ0n) is 18.2. The molecule has 7 heteroatoms. The molecule has 0 unspecified atom stereocenters. The predicted molar refractivity (Wildman–Crippen MR) is 123 cm³/mol. The molecule has 3 aromatic rings. The molecule has 1 atom stereocenters. The Hall–Kier alpha value is -3.38. The Kier molecular flexibility index (Phi) is 5.65. The molecule has 1 aliphatic rings. The van der Waals surface area contributed by atoms with Crippen molar-refractivity contribution in [1.29, 1.82) is 0 Å². The maximum atomic E-state index is 13.3.